The Balaban J connectivity index is 2.83. The van der Waals surface area contributed by atoms with Gasteiger partial charge in [-0.25, -0.2) is 4.98 Å². The molecular weight excluding hydrogens is 255 g/mol. The van der Waals surface area contributed by atoms with Crippen molar-refractivity contribution >= 4 is 29.1 Å². The maximum absolute atomic E-state index is 11.6. The molecule has 0 aromatic carbocycles. The van der Waals surface area contributed by atoms with Crippen LogP contribution in [-0.4, -0.2) is 40.4 Å². The molecule has 1 aromatic rings. The van der Waals surface area contributed by atoms with Crippen LogP contribution in [0, 0.1) is 0 Å². The number of nitrogens with one attached hydrogen (secondary N) is 1. The molecule has 0 aliphatic rings. The minimum absolute atomic E-state index is 0.138. The number of amides is 1. The summed E-state index contributed by atoms with van der Waals surface area (Å²) in [6.07, 6.45) is 1.26. The number of halogens is 2. The molecule has 0 aliphatic carbocycles. The summed E-state index contributed by atoms with van der Waals surface area (Å²) in [6.45, 7) is -0.725. The second-order valence-electron chi connectivity index (χ2n) is 3.02. The van der Waals surface area contributed by atoms with Crippen LogP contribution in [0.3, 0.4) is 0 Å². The van der Waals surface area contributed by atoms with Gasteiger partial charge in [0, 0.05) is 6.20 Å². The van der Waals surface area contributed by atoms with Gasteiger partial charge in [0.25, 0.3) is 5.91 Å². The second-order valence-corrected chi connectivity index (χ2v) is 3.82. The zero-order valence-corrected chi connectivity index (χ0v) is 9.66. The molecular formula is C9H10Cl2N2O3. The highest BCUT2D eigenvalue weighted by Gasteiger charge is 2.15. The SMILES string of the molecule is O=C(NC(CO)CO)c1cc(Cl)ncc1Cl. The van der Waals surface area contributed by atoms with Crippen LogP contribution in [0.5, 0.6) is 0 Å². The van der Waals surface area contributed by atoms with Gasteiger partial charge in [-0.15, -0.1) is 0 Å². The molecule has 0 atom stereocenters. The van der Waals surface area contributed by atoms with E-state index >= 15 is 0 Å². The summed E-state index contributed by atoms with van der Waals surface area (Å²) >= 11 is 11.4. The minimum Gasteiger partial charge on any atom is -0.394 e. The maximum Gasteiger partial charge on any atom is 0.253 e. The first-order chi connectivity index (χ1) is 7.58. The van der Waals surface area contributed by atoms with Crippen molar-refractivity contribution in [3.8, 4) is 0 Å². The number of hydrogen-bond acceptors (Lipinski definition) is 4. The Morgan fingerprint density at radius 2 is 2.06 bits per heavy atom. The van der Waals surface area contributed by atoms with Crippen molar-refractivity contribution in [1.82, 2.24) is 10.3 Å². The van der Waals surface area contributed by atoms with Gasteiger partial charge in [0.05, 0.1) is 29.8 Å². The summed E-state index contributed by atoms with van der Waals surface area (Å²) in [4.78, 5) is 15.3. The standard InChI is InChI=1S/C9H10Cl2N2O3/c10-7-2-12-8(11)1-6(7)9(16)13-5(3-14)4-15/h1-2,5,14-15H,3-4H2,(H,13,16). The highest BCUT2D eigenvalue weighted by molar-refractivity contribution is 6.35. The third-order valence-corrected chi connectivity index (χ3v) is 2.35. The minimum atomic E-state index is -0.726. The van der Waals surface area contributed by atoms with Crippen LogP contribution in [0.4, 0.5) is 0 Å². The van der Waals surface area contributed by atoms with Crippen molar-refractivity contribution in [1.29, 1.82) is 0 Å². The van der Waals surface area contributed by atoms with E-state index in [1.807, 2.05) is 0 Å². The Bertz CT molecular complexity index is 383. The molecule has 16 heavy (non-hydrogen) atoms. The predicted molar refractivity (Wildman–Crippen MR) is 59.7 cm³/mol. The van der Waals surface area contributed by atoms with Crippen LogP contribution in [0.2, 0.25) is 10.2 Å². The van der Waals surface area contributed by atoms with E-state index < -0.39 is 11.9 Å². The molecule has 1 amide bonds. The van der Waals surface area contributed by atoms with Crippen molar-refractivity contribution in [2.75, 3.05) is 13.2 Å². The van der Waals surface area contributed by atoms with Crippen molar-refractivity contribution in [2.24, 2.45) is 0 Å². The van der Waals surface area contributed by atoms with E-state index in [-0.39, 0.29) is 29.0 Å². The van der Waals surface area contributed by atoms with Gasteiger partial charge in [-0.3, -0.25) is 4.79 Å². The summed E-state index contributed by atoms with van der Waals surface area (Å²) in [7, 11) is 0. The molecule has 0 saturated heterocycles. The first-order valence-electron chi connectivity index (χ1n) is 4.42. The summed E-state index contributed by atoms with van der Waals surface area (Å²) in [5, 5.41) is 20.3. The molecule has 1 aromatic heterocycles. The van der Waals surface area contributed by atoms with Crippen molar-refractivity contribution < 1.29 is 15.0 Å². The molecule has 0 fully saturated rings. The smallest absolute Gasteiger partial charge is 0.253 e. The lowest BCUT2D eigenvalue weighted by Crippen LogP contribution is -2.40. The van der Waals surface area contributed by atoms with Gasteiger partial charge in [0.15, 0.2) is 0 Å². The van der Waals surface area contributed by atoms with Crippen LogP contribution in [0.15, 0.2) is 12.3 Å². The van der Waals surface area contributed by atoms with Gasteiger partial charge in [-0.2, -0.15) is 0 Å². The van der Waals surface area contributed by atoms with Gasteiger partial charge in [-0.05, 0) is 6.07 Å². The van der Waals surface area contributed by atoms with E-state index in [0.29, 0.717) is 0 Å². The van der Waals surface area contributed by atoms with Crippen molar-refractivity contribution in [3.05, 3.63) is 28.0 Å². The molecule has 5 nitrogen and oxygen atoms in total. The quantitative estimate of drug-likeness (QED) is 0.691. The number of rotatable bonds is 4. The monoisotopic (exact) mass is 264 g/mol. The number of carbonyl (C=O) groups excluding carboxylic acids is 1. The van der Waals surface area contributed by atoms with Crippen LogP contribution in [-0.2, 0) is 0 Å². The van der Waals surface area contributed by atoms with E-state index in [1.54, 1.807) is 0 Å². The highest BCUT2D eigenvalue weighted by Crippen LogP contribution is 2.17. The molecule has 1 rings (SSSR count). The van der Waals surface area contributed by atoms with E-state index in [1.165, 1.54) is 12.3 Å². The number of aromatic nitrogens is 1. The van der Waals surface area contributed by atoms with Crippen LogP contribution < -0.4 is 5.32 Å². The summed E-state index contributed by atoms with van der Waals surface area (Å²) in [6, 6.07) is 0.584. The molecule has 0 unspecified atom stereocenters. The van der Waals surface area contributed by atoms with Gasteiger partial charge >= 0.3 is 0 Å². The van der Waals surface area contributed by atoms with E-state index in [2.05, 4.69) is 10.3 Å². The lowest BCUT2D eigenvalue weighted by atomic mass is 10.2. The molecule has 0 spiro atoms. The Morgan fingerprint density at radius 1 is 1.44 bits per heavy atom. The number of pyridine rings is 1. The Kier molecular flexibility index (Phi) is 4.95. The number of nitrogens with zero attached hydrogens (tertiary/aromatic N) is 1. The van der Waals surface area contributed by atoms with E-state index in [0.717, 1.165) is 0 Å². The molecule has 0 aliphatic heterocycles. The highest BCUT2D eigenvalue weighted by atomic mass is 35.5. The molecule has 3 N–H and O–H groups in total. The van der Waals surface area contributed by atoms with Crippen LogP contribution in [0.1, 0.15) is 10.4 Å². The molecule has 88 valence electrons. The van der Waals surface area contributed by atoms with Crippen LogP contribution >= 0.6 is 23.2 Å². The number of aliphatic hydroxyl groups excluding tert-OH is 2. The first-order valence-corrected chi connectivity index (χ1v) is 5.17. The van der Waals surface area contributed by atoms with E-state index in [9.17, 15) is 4.79 Å². The maximum atomic E-state index is 11.6. The molecule has 7 heteroatoms. The Hall–Kier alpha value is -0.880. The van der Waals surface area contributed by atoms with Gasteiger partial charge in [0.2, 0.25) is 0 Å². The van der Waals surface area contributed by atoms with Gasteiger partial charge in [-0.1, -0.05) is 23.2 Å². The van der Waals surface area contributed by atoms with Gasteiger partial charge < -0.3 is 15.5 Å². The lowest BCUT2D eigenvalue weighted by molar-refractivity contribution is 0.0879. The molecule has 0 bridgehead atoms. The number of hydrogen-bond donors (Lipinski definition) is 3. The van der Waals surface area contributed by atoms with Crippen LogP contribution in [0.25, 0.3) is 0 Å². The summed E-state index contributed by atoms with van der Waals surface area (Å²) < 4.78 is 0. The zero-order valence-electron chi connectivity index (χ0n) is 8.15. The van der Waals surface area contributed by atoms with Gasteiger partial charge in [0.1, 0.15) is 5.15 Å². The normalized spacial score (nSPS) is 10.6. The lowest BCUT2D eigenvalue weighted by Gasteiger charge is -2.13. The van der Waals surface area contributed by atoms with Crippen molar-refractivity contribution in [2.45, 2.75) is 6.04 Å². The van der Waals surface area contributed by atoms with E-state index in [4.69, 9.17) is 33.4 Å². The number of aliphatic hydroxyl groups is 2. The fraction of sp³-hybridized carbons (Fsp3) is 0.333. The number of carbonyl (C=O) groups is 1. The predicted octanol–water partition coefficient (Wildman–Crippen LogP) is 0.471. The average Bonchev–Trinajstić information content (AvgIpc) is 2.28. The molecule has 0 saturated carbocycles. The fourth-order valence-corrected chi connectivity index (χ4v) is 1.35. The molecule has 1 heterocycles. The Morgan fingerprint density at radius 3 is 2.62 bits per heavy atom. The Labute approximate surface area is 102 Å². The topological polar surface area (TPSA) is 82.5 Å². The third kappa shape index (κ3) is 3.31. The summed E-state index contributed by atoms with van der Waals surface area (Å²) in [5.74, 6) is -0.526. The average molecular weight is 265 g/mol. The third-order valence-electron chi connectivity index (χ3n) is 1.84. The zero-order chi connectivity index (χ0) is 12.1. The second kappa shape index (κ2) is 6.00. The molecule has 0 radical (unpaired) electrons. The van der Waals surface area contributed by atoms with Crippen molar-refractivity contribution in [3.63, 3.8) is 0 Å². The summed E-state index contributed by atoms with van der Waals surface area (Å²) in [5.41, 5.74) is 0.147. The largest absolute Gasteiger partial charge is 0.394 e. The first kappa shape index (κ1) is 13.2. The fourth-order valence-electron chi connectivity index (χ4n) is 0.999.